The lowest BCUT2D eigenvalue weighted by atomic mass is 10.0. The molecule has 34 heavy (non-hydrogen) atoms. The predicted octanol–water partition coefficient (Wildman–Crippen LogP) is 5.39. The third kappa shape index (κ3) is 3.88. The van der Waals surface area contributed by atoms with Crippen LogP contribution in [0.2, 0.25) is 0 Å². The van der Waals surface area contributed by atoms with Crippen molar-refractivity contribution in [2.24, 2.45) is 0 Å². The van der Waals surface area contributed by atoms with E-state index in [-0.39, 0.29) is 11.3 Å². The molecule has 0 radical (unpaired) electrons. The molecule has 7 nitrogen and oxygen atoms in total. The first kappa shape index (κ1) is 22.3. The van der Waals surface area contributed by atoms with E-state index in [2.05, 4.69) is 41.0 Å². The van der Waals surface area contributed by atoms with Crippen LogP contribution in [0.1, 0.15) is 30.0 Å². The maximum Gasteiger partial charge on any atom is 0.356 e. The standard InChI is InChI=1S/C26H24N3O4P/c1-16-25(18(3)33-28-16)21-13-24-26(27-14-21)23(20-9-11-22(12-10-20)34(30,31)32)15-29(24)17(2)19-7-5-4-6-8-19/h4-15,17H,1-3H3,(H2,30,31,32). The number of rotatable bonds is 5. The number of nitrogens with zero attached hydrogens (tertiary/aromatic N) is 3. The van der Waals surface area contributed by atoms with Crippen LogP contribution in [-0.2, 0) is 4.57 Å². The van der Waals surface area contributed by atoms with Gasteiger partial charge in [0, 0.05) is 29.1 Å². The Morgan fingerprint density at radius 2 is 1.71 bits per heavy atom. The van der Waals surface area contributed by atoms with Crippen LogP contribution in [0, 0.1) is 13.8 Å². The fourth-order valence-corrected chi connectivity index (χ4v) is 4.96. The molecule has 0 aliphatic heterocycles. The van der Waals surface area contributed by atoms with Crippen LogP contribution in [-0.4, -0.2) is 24.5 Å². The molecule has 172 valence electrons. The largest absolute Gasteiger partial charge is 0.361 e. The maximum absolute atomic E-state index is 11.6. The Hall–Kier alpha value is -3.51. The van der Waals surface area contributed by atoms with Crippen molar-refractivity contribution in [3.63, 3.8) is 0 Å². The van der Waals surface area contributed by atoms with Crippen molar-refractivity contribution in [2.75, 3.05) is 0 Å². The minimum Gasteiger partial charge on any atom is -0.361 e. The summed E-state index contributed by atoms with van der Waals surface area (Å²) < 4.78 is 19.2. The molecule has 5 rings (SSSR count). The van der Waals surface area contributed by atoms with E-state index < -0.39 is 7.60 Å². The van der Waals surface area contributed by atoms with Crippen molar-refractivity contribution < 1.29 is 18.9 Å². The second-order valence-corrected chi connectivity index (χ2v) is 10.0. The second kappa shape index (κ2) is 8.37. The second-order valence-electron chi connectivity index (χ2n) is 8.42. The molecule has 2 aromatic carbocycles. The molecule has 0 spiro atoms. The van der Waals surface area contributed by atoms with Gasteiger partial charge in [-0.25, -0.2) is 0 Å². The fourth-order valence-electron chi connectivity index (χ4n) is 4.42. The van der Waals surface area contributed by atoms with Crippen LogP contribution >= 0.6 is 7.60 Å². The molecule has 0 fully saturated rings. The van der Waals surface area contributed by atoms with Crippen LogP contribution in [0.5, 0.6) is 0 Å². The van der Waals surface area contributed by atoms with Gasteiger partial charge in [-0.2, -0.15) is 0 Å². The number of aromatic nitrogens is 3. The van der Waals surface area contributed by atoms with Gasteiger partial charge in [0.25, 0.3) is 0 Å². The van der Waals surface area contributed by atoms with E-state index in [9.17, 15) is 14.4 Å². The first-order valence-electron chi connectivity index (χ1n) is 10.9. The summed E-state index contributed by atoms with van der Waals surface area (Å²) in [7, 11) is -4.31. The van der Waals surface area contributed by atoms with Crippen molar-refractivity contribution in [1.29, 1.82) is 0 Å². The Labute approximate surface area is 196 Å². The van der Waals surface area contributed by atoms with Crippen LogP contribution in [0.4, 0.5) is 0 Å². The minimum absolute atomic E-state index is 0.00806. The fraction of sp³-hybridized carbons (Fsp3) is 0.154. The van der Waals surface area contributed by atoms with E-state index in [4.69, 9.17) is 9.51 Å². The Morgan fingerprint density at radius 1 is 1.00 bits per heavy atom. The molecular formula is C26H24N3O4P. The number of benzene rings is 2. The zero-order chi connectivity index (χ0) is 24.0. The Morgan fingerprint density at radius 3 is 2.32 bits per heavy atom. The van der Waals surface area contributed by atoms with E-state index in [1.54, 1.807) is 12.1 Å². The molecule has 0 saturated carbocycles. The maximum atomic E-state index is 11.6. The van der Waals surface area contributed by atoms with E-state index in [0.29, 0.717) is 0 Å². The Balaban J connectivity index is 1.72. The lowest BCUT2D eigenvalue weighted by molar-refractivity contribution is 0.387. The molecule has 8 heteroatoms. The summed E-state index contributed by atoms with van der Waals surface area (Å²) in [5.41, 5.74) is 7.30. The normalized spacial score (nSPS) is 12.9. The molecule has 1 atom stereocenters. The van der Waals surface area contributed by atoms with Crippen LogP contribution in [0.3, 0.4) is 0 Å². The summed E-state index contributed by atoms with van der Waals surface area (Å²) in [6, 6.07) is 18.8. The zero-order valence-corrected chi connectivity index (χ0v) is 19.9. The number of hydrogen-bond donors (Lipinski definition) is 2. The van der Waals surface area contributed by atoms with Crippen molar-refractivity contribution in [1.82, 2.24) is 14.7 Å². The van der Waals surface area contributed by atoms with Gasteiger partial charge in [-0.3, -0.25) is 9.55 Å². The average Bonchev–Trinajstić information content (AvgIpc) is 3.37. The van der Waals surface area contributed by atoms with Crippen molar-refractivity contribution in [2.45, 2.75) is 26.8 Å². The molecule has 2 N–H and O–H groups in total. The summed E-state index contributed by atoms with van der Waals surface area (Å²) in [6.07, 6.45) is 3.87. The molecule has 0 aliphatic carbocycles. The lowest BCUT2D eigenvalue weighted by Gasteiger charge is -2.16. The smallest absolute Gasteiger partial charge is 0.356 e. The average molecular weight is 473 g/mol. The first-order valence-corrected chi connectivity index (χ1v) is 12.5. The molecule has 0 saturated heterocycles. The number of fused-ring (bicyclic) bond motifs is 1. The molecule has 3 heterocycles. The molecule has 0 bridgehead atoms. The monoisotopic (exact) mass is 473 g/mol. The molecule has 0 aliphatic rings. The number of pyridine rings is 1. The van der Waals surface area contributed by atoms with Gasteiger partial charge in [-0.15, -0.1) is 0 Å². The highest BCUT2D eigenvalue weighted by molar-refractivity contribution is 7.60. The predicted molar refractivity (Wildman–Crippen MR) is 132 cm³/mol. The van der Waals surface area contributed by atoms with Crippen molar-refractivity contribution in [3.8, 4) is 22.3 Å². The molecule has 3 aromatic heterocycles. The van der Waals surface area contributed by atoms with E-state index in [0.717, 1.165) is 50.3 Å². The van der Waals surface area contributed by atoms with Crippen LogP contribution in [0.15, 0.2) is 77.6 Å². The Kier molecular flexibility index (Phi) is 5.48. The molecule has 5 aromatic rings. The topological polar surface area (TPSA) is 101 Å². The summed E-state index contributed by atoms with van der Waals surface area (Å²) >= 11 is 0. The number of hydrogen-bond acceptors (Lipinski definition) is 4. The van der Waals surface area contributed by atoms with Crippen molar-refractivity contribution >= 4 is 23.9 Å². The van der Waals surface area contributed by atoms with Gasteiger partial charge in [-0.1, -0.05) is 47.6 Å². The van der Waals surface area contributed by atoms with Crippen LogP contribution in [0.25, 0.3) is 33.3 Å². The summed E-state index contributed by atoms with van der Waals surface area (Å²) in [6.45, 7) is 5.94. The molecule has 0 amide bonds. The Bertz CT molecular complexity index is 1510. The lowest BCUT2D eigenvalue weighted by Crippen LogP contribution is -2.05. The van der Waals surface area contributed by atoms with Gasteiger partial charge in [0.1, 0.15) is 5.76 Å². The quantitative estimate of drug-likeness (QED) is 0.332. The minimum atomic E-state index is -4.31. The summed E-state index contributed by atoms with van der Waals surface area (Å²) in [5.74, 6) is 0.737. The highest BCUT2D eigenvalue weighted by atomic mass is 31.2. The molecule has 1 unspecified atom stereocenters. The van der Waals surface area contributed by atoms with Crippen LogP contribution < -0.4 is 5.30 Å². The van der Waals surface area contributed by atoms with Gasteiger partial charge in [0.05, 0.1) is 28.1 Å². The van der Waals surface area contributed by atoms with Gasteiger partial charge >= 0.3 is 7.60 Å². The van der Waals surface area contributed by atoms with Gasteiger partial charge in [-0.05, 0) is 50.1 Å². The summed E-state index contributed by atoms with van der Waals surface area (Å²) in [4.78, 5) is 23.8. The first-order chi connectivity index (χ1) is 16.2. The summed E-state index contributed by atoms with van der Waals surface area (Å²) in [5, 5.41) is 4.08. The van der Waals surface area contributed by atoms with E-state index >= 15 is 0 Å². The van der Waals surface area contributed by atoms with Crippen molar-refractivity contribution in [3.05, 3.63) is 90.1 Å². The van der Waals surface area contributed by atoms with E-state index in [1.807, 2.05) is 38.2 Å². The van der Waals surface area contributed by atoms with E-state index in [1.165, 1.54) is 12.1 Å². The van der Waals surface area contributed by atoms with Gasteiger partial charge in [0.15, 0.2) is 0 Å². The highest BCUT2D eigenvalue weighted by Gasteiger charge is 2.21. The number of aryl methyl sites for hydroxylation is 2. The third-order valence-corrected chi connectivity index (χ3v) is 7.18. The zero-order valence-electron chi connectivity index (χ0n) is 19.0. The van der Waals surface area contributed by atoms with Gasteiger partial charge in [0.2, 0.25) is 0 Å². The molecular weight excluding hydrogens is 449 g/mol. The highest BCUT2D eigenvalue weighted by Crippen LogP contribution is 2.38. The van der Waals surface area contributed by atoms with Gasteiger partial charge < -0.3 is 18.9 Å². The SMILES string of the molecule is Cc1noc(C)c1-c1cnc2c(-c3ccc(P(=O)(O)O)cc3)cn(C(C)c3ccccc3)c2c1. The third-order valence-electron chi connectivity index (χ3n) is 6.20.